The minimum Gasteiger partial charge on any atom is -0.309 e. The number of nitrogens with zero attached hydrogens (tertiary/aromatic N) is 3. The molecule has 3 heterocycles. The molecule has 8 aromatic carbocycles. The van der Waals surface area contributed by atoms with Crippen molar-refractivity contribution in [1.29, 1.82) is 0 Å². The lowest BCUT2D eigenvalue weighted by Crippen LogP contribution is -2.73. The molecule has 0 N–H and O–H groups in total. The highest BCUT2D eigenvalue weighted by Crippen LogP contribution is 2.51. The maximum Gasteiger partial charge on any atom is 0.185 e. The van der Waals surface area contributed by atoms with Gasteiger partial charge in [-0.3, -0.25) is 0 Å². The molecule has 2 aromatic heterocycles. The van der Waals surface area contributed by atoms with Crippen LogP contribution >= 0.6 is 0 Å². The van der Waals surface area contributed by atoms with E-state index in [1.807, 2.05) is 0 Å². The summed E-state index contributed by atoms with van der Waals surface area (Å²) in [5, 5.41) is 7.80. The molecule has 1 aliphatic carbocycles. The topological polar surface area (TPSA) is 30.7 Å². The Morgan fingerprint density at radius 3 is 1.76 bits per heavy atom. The second-order valence-corrected chi connectivity index (χ2v) is 20.2. The molecule has 0 unspecified atom stereocenters. The number of para-hydroxylation sites is 1. The summed E-state index contributed by atoms with van der Waals surface area (Å²) in [7, 11) is -2.90. The average molecular weight is 770 g/mol. The fourth-order valence-electron chi connectivity index (χ4n) is 10.4. The molecule has 12 rings (SSSR count). The first kappa shape index (κ1) is 33.9. The molecule has 0 spiro atoms. The third-order valence-corrected chi connectivity index (χ3v) is 18.0. The molecule has 0 saturated heterocycles. The van der Waals surface area contributed by atoms with Crippen molar-refractivity contribution in [2.75, 3.05) is 0 Å². The van der Waals surface area contributed by atoms with Gasteiger partial charge in [0.15, 0.2) is 13.9 Å². The van der Waals surface area contributed by atoms with Crippen LogP contribution in [-0.4, -0.2) is 22.6 Å². The lowest BCUT2D eigenvalue weighted by atomic mass is 9.82. The minimum atomic E-state index is -2.90. The van der Waals surface area contributed by atoms with Gasteiger partial charge < -0.3 is 4.57 Å². The summed E-state index contributed by atoms with van der Waals surface area (Å²) in [5.74, 6) is 0.739. The minimum absolute atomic E-state index is 0.0704. The normalized spacial score (nSPS) is 14.2. The molecule has 2 aliphatic rings. The van der Waals surface area contributed by atoms with Gasteiger partial charge in [-0.1, -0.05) is 184 Å². The Kier molecular flexibility index (Phi) is 7.29. The Morgan fingerprint density at radius 2 is 1.03 bits per heavy atom. The number of hydrogen-bond donors (Lipinski definition) is 0. The summed E-state index contributed by atoms with van der Waals surface area (Å²) in [6.07, 6.45) is 0. The first-order chi connectivity index (χ1) is 29.0. The highest BCUT2D eigenvalue weighted by Gasteiger charge is 2.51. The van der Waals surface area contributed by atoms with Crippen molar-refractivity contribution in [3.05, 3.63) is 211 Å². The van der Waals surface area contributed by atoms with E-state index in [1.165, 1.54) is 70.4 Å². The van der Waals surface area contributed by atoms with Crippen LogP contribution in [0.2, 0.25) is 0 Å². The molecule has 0 fully saturated rings. The lowest BCUT2D eigenvalue weighted by Gasteiger charge is -2.32. The molecule has 0 amide bonds. The van der Waals surface area contributed by atoms with Gasteiger partial charge in [0, 0.05) is 43.8 Å². The van der Waals surface area contributed by atoms with Gasteiger partial charge in [-0.25, -0.2) is 9.97 Å². The van der Waals surface area contributed by atoms with E-state index in [4.69, 9.17) is 9.97 Å². The molecular formula is C55H39N3Si. The first-order valence-corrected chi connectivity index (χ1v) is 22.5. The lowest BCUT2D eigenvalue weighted by molar-refractivity contribution is 0.661. The number of aromatic nitrogens is 3. The molecule has 0 atom stereocenters. The van der Waals surface area contributed by atoms with Crippen LogP contribution in [0.4, 0.5) is 0 Å². The van der Waals surface area contributed by atoms with Gasteiger partial charge in [0.1, 0.15) is 0 Å². The van der Waals surface area contributed by atoms with Crippen molar-refractivity contribution < 1.29 is 0 Å². The predicted molar refractivity (Wildman–Crippen MR) is 247 cm³/mol. The van der Waals surface area contributed by atoms with Crippen LogP contribution in [-0.2, 0) is 5.41 Å². The molecule has 59 heavy (non-hydrogen) atoms. The predicted octanol–water partition coefficient (Wildman–Crippen LogP) is 10.6. The third-order valence-electron chi connectivity index (χ3n) is 13.1. The molecular weight excluding hydrogens is 731 g/mol. The van der Waals surface area contributed by atoms with Crippen LogP contribution in [0, 0.1) is 0 Å². The second kappa shape index (κ2) is 12.7. The zero-order valence-electron chi connectivity index (χ0n) is 32.9. The summed E-state index contributed by atoms with van der Waals surface area (Å²) in [4.78, 5) is 11.1. The highest BCUT2D eigenvalue weighted by atomic mass is 28.3. The molecule has 1 aliphatic heterocycles. The zero-order valence-corrected chi connectivity index (χ0v) is 33.9. The smallest absolute Gasteiger partial charge is 0.185 e. The summed E-state index contributed by atoms with van der Waals surface area (Å²) in [5.41, 5.74) is 14.2. The van der Waals surface area contributed by atoms with Crippen LogP contribution in [0.5, 0.6) is 0 Å². The monoisotopic (exact) mass is 769 g/mol. The molecule has 3 nitrogen and oxygen atoms in total. The maximum absolute atomic E-state index is 5.60. The SMILES string of the molecule is CC1(C)c2ccccc2-c2cc3c(cc21)c1ccccc1n3-c1ccc(-c2nc(-c3ccccc3)nc3c2[Si](c2ccccc2)(c2ccccc2)c2ccccc2-3)cc1. The van der Waals surface area contributed by atoms with E-state index in [1.54, 1.807) is 0 Å². The van der Waals surface area contributed by atoms with E-state index in [0.717, 1.165) is 34.0 Å². The fraction of sp³-hybridized carbons (Fsp3) is 0.0545. The van der Waals surface area contributed by atoms with Gasteiger partial charge in [-0.05, 0) is 68.1 Å². The van der Waals surface area contributed by atoms with Crippen molar-refractivity contribution in [3.63, 3.8) is 0 Å². The number of rotatable bonds is 5. The largest absolute Gasteiger partial charge is 0.309 e. The van der Waals surface area contributed by atoms with Crippen molar-refractivity contribution in [2.24, 2.45) is 0 Å². The summed E-state index contributed by atoms with van der Waals surface area (Å²) >= 11 is 0. The van der Waals surface area contributed by atoms with Crippen molar-refractivity contribution in [2.45, 2.75) is 19.3 Å². The van der Waals surface area contributed by atoms with Crippen molar-refractivity contribution in [1.82, 2.24) is 14.5 Å². The van der Waals surface area contributed by atoms with Crippen LogP contribution in [0.15, 0.2) is 200 Å². The van der Waals surface area contributed by atoms with E-state index >= 15 is 0 Å². The number of fused-ring (bicyclic) bond motifs is 9. The molecule has 278 valence electrons. The summed E-state index contributed by atoms with van der Waals surface area (Å²) in [6.45, 7) is 4.72. The van der Waals surface area contributed by atoms with Gasteiger partial charge in [0.2, 0.25) is 0 Å². The van der Waals surface area contributed by atoms with Crippen LogP contribution in [0.25, 0.3) is 72.5 Å². The average Bonchev–Trinajstić information content (AvgIpc) is 3.87. The second-order valence-electron chi connectivity index (χ2n) is 16.5. The van der Waals surface area contributed by atoms with Gasteiger partial charge in [0.25, 0.3) is 0 Å². The van der Waals surface area contributed by atoms with Gasteiger partial charge in [0.05, 0.1) is 22.4 Å². The van der Waals surface area contributed by atoms with Crippen molar-refractivity contribution in [3.8, 4) is 50.7 Å². The Bertz CT molecular complexity index is 3240. The van der Waals surface area contributed by atoms with E-state index in [-0.39, 0.29) is 5.41 Å². The Balaban J connectivity index is 1.12. The highest BCUT2D eigenvalue weighted by molar-refractivity contribution is 7.22. The quantitative estimate of drug-likeness (QED) is 0.163. The van der Waals surface area contributed by atoms with Crippen molar-refractivity contribution >= 4 is 50.6 Å². The van der Waals surface area contributed by atoms with Crippen LogP contribution in [0.1, 0.15) is 25.0 Å². The van der Waals surface area contributed by atoms with E-state index in [2.05, 4.69) is 219 Å². The number of benzene rings is 8. The van der Waals surface area contributed by atoms with Gasteiger partial charge >= 0.3 is 0 Å². The molecule has 4 heteroatoms. The Morgan fingerprint density at radius 1 is 0.441 bits per heavy atom. The summed E-state index contributed by atoms with van der Waals surface area (Å²) in [6, 6.07) is 73.5. The van der Waals surface area contributed by atoms with Gasteiger partial charge in [-0.2, -0.15) is 0 Å². The Labute approximate surface area is 345 Å². The van der Waals surface area contributed by atoms with Gasteiger partial charge in [-0.15, -0.1) is 0 Å². The van der Waals surface area contributed by atoms with E-state index in [9.17, 15) is 0 Å². The van der Waals surface area contributed by atoms with Crippen LogP contribution < -0.4 is 20.7 Å². The molecule has 0 bridgehead atoms. The standard InChI is InChI=1S/C55H39N3Si/c1-55(2)46-27-15-12-24-41(46)44-35-49-45(34-47(44)55)42-25-13-16-28-48(42)58(49)38-32-30-36(31-33-38)51-53-52(57-54(56-51)37-18-6-3-7-19-37)43-26-14-17-29-50(43)59(53,39-20-8-4-9-21-39)40-22-10-5-11-23-40/h3-35H,1-2H3. The summed E-state index contributed by atoms with van der Waals surface area (Å²) < 4.78 is 2.45. The fourth-order valence-corrected chi connectivity index (χ4v) is 15.7. The van der Waals surface area contributed by atoms with E-state index in [0.29, 0.717) is 0 Å². The van der Waals surface area contributed by atoms with Crippen LogP contribution in [0.3, 0.4) is 0 Å². The first-order valence-electron chi connectivity index (χ1n) is 20.5. The zero-order chi connectivity index (χ0) is 39.3. The number of hydrogen-bond acceptors (Lipinski definition) is 2. The van der Waals surface area contributed by atoms with E-state index < -0.39 is 8.07 Å². The maximum atomic E-state index is 5.60. The molecule has 10 aromatic rings. The molecule has 0 radical (unpaired) electrons. The Hall–Kier alpha value is -7.14. The molecule has 0 saturated carbocycles. The third kappa shape index (κ3) is 4.75.